The van der Waals surface area contributed by atoms with Crippen LogP contribution in [0.3, 0.4) is 0 Å². The number of fused-ring (bicyclic) bond motifs is 1. The number of hydrogen-bond acceptors (Lipinski definition) is 7. The fourth-order valence-electron chi connectivity index (χ4n) is 2.23. The maximum atomic E-state index is 11.3. The molecule has 9 heteroatoms. The Bertz CT molecular complexity index is 802. The van der Waals surface area contributed by atoms with Crippen LogP contribution < -0.4 is 10.6 Å². The fourth-order valence-corrected chi connectivity index (χ4v) is 2.87. The van der Waals surface area contributed by atoms with Gasteiger partial charge in [-0.25, -0.2) is 19.4 Å². The first-order valence-electron chi connectivity index (χ1n) is 7.61. The molecule has 0 spiro atoms. The van der Waals surface area contributed by atoms with Crippen molar-refractivity contribution in [2.75, 3.05) is 18.5 Å². The summed E-state index contributed by atoms with van der Waals surface area (Å²) in [4.78, 5) is 21.1. The van der Waals surface area contributed by atoms with Gasteiger partial charge in [0.1, 0.15) is 12.1 Å². The lowest BCUT2D eigenvalue weighted by Gasteiger charge is -2.07. The minimum Gasteiger partial charge on any atom is -0.450 e. The van der Waals surface area contributed by atoms with Gasteiger partial charge in [-0.15, -0.1) is 11.3 Å². The molecule has 0 fully saturated rings. The molecule has 8 nitrogen and oxygen atoms in total. The topological polar surface area (TPSA) is 94.0 Å². The predicted molar refractivity (Wildman–Crippen MR) is 92.0 cm³/mol. The first-order valence-corrected chi connectivity index (χ1v) is 8.49. The summed E-state index contributed by atoms with van der Waals surface area (Å²) in [5, 5.41) is 13.2. The second kappa shape index (κ2) is 7.73. The number of rotatable bonds is 7. The monoisotopic (exact) mass is 346 g/mol. The first kappa shape index (κ1) is 16.2. The largest absolute Gasteiger partial charge is 0.450 e. The molecule has 0 aromatic carbocycles. The smallest absolute Gasteiger partial charge is 0.407 e. The second-order valence-electron chi connectivity index (χ2n) is 4.91. The quantitative estimate of drug-likeness (QED) is 0.681. The van der Waals surface area contributed by atoms with Gasteiger partial charge in [-0.1, -0.05) is 6.07 Å². The summed E-state index contributed by atoms with van der Waals surface area (Å²) in [7, 11) is 0. The number of anilines is 1. The maximum absolute atomic E-state index is 11.3. The number of carbonyl (C=O) groups is 1. The fraction of sp³-hybridized carbons (Fsp3) is 0.333. The number of nitrogens with one attached hydrogen (secondary N) is 2. The molecule has 0 atom stereocenters. The van der Waals surface area contributed by atoms with E-state index < -0.39 is 6.09 Å². The molecule has 0 aliphatic carbocycles. The Balaban J connectivity index is 1.66. The summed E-state index contributed by atoms with van der Waals surface area (Å²) < 4.78 is 6.56. The van der Waals surface area contributed by atoms with Crippen molar-refractivity contribution >= 4 is 34.3 Å². The van der Waals surface area contributed by atoms with Crippen LogP contribution in [0, 0.1) is 0 Å². The van der Waals surface area contributed by atoms with Crippen LogP contribution >= 0.6 is 11.3 Å². The zero-order valence-corrected chi connectivity index (χ0v) is 14.0. The molecule has 3 heterocycles. The molecule has 2 N–H and O–H groups in total. The van der Waals surface area contributed by atoms with E-state index in [1.165, 1.54) is 11.2 Å². The van der Waals surface area contributed by atoms with E-state index in [4.69, 9.17) is 4.74 Å². The van der Waals surface area contributed by atoms with E-state index in [1.807, 2.05) is 11.4 Å². The van der Waals surface area contributed by atoms with Crippen molar-refractivity contribution < 1.29 is 9.53 Å². The molecule has 0 unspecified atom stereocenters. The van der Waals surface area contributed by atoms with E-state index in [0.717, 1.165) is 16.9 Å². The van der Waals surface area contributed by atoms with Crippen LogP contribution in [0.15, 0.2) is 30.0 Å². The molecule has 3 aromatic rings. The highest BCUT2D eigenvalue weighted by Gasteiger charge is 2.10. The van der Waals surface area contributed by atoms with Crippen LogP contribution in [0.25, 0.3) is 11.0 Å². The molecule has 3 rings (SSSR count). The number of aromatic nitrogens is 4. The number of ether oxygens (including phenoxy) is 1. The summed E-state index contributed by atoms with van der Waals surface area (Å²) in [5.74, 6) is 0.748. The molecular weight excluding hydrogens is 328 g/mol. The maximum Gasteiger partial charge on any atom is 0.407 e. The van der Waals surface area contributed by atoms with Gasteiger partial charge in [0.2, 0.25) is 0 Å². The molecule has 0 bridgehead atoms. The normalized spacial score (nSPS) is 10.7. The van der Waals surface area contributed by atoms with Crippen LogP contribution in [-0.4, -0.2) is 39.0 Å². The third-order valence-electron chi connectivity index (χ3n) is 3.31. The van der Waals surface area contributed by atoms with Crippen molar-refractivity contribution in [1.29, 1.82) is 0 Å². The van der Waals surface area contributed by atoms with E-state index in [0.29, 0.717) is 26.2 Å². The van der Waals surface area contributed by atoms with E-state index in [9.17, 15) is 4.79 Å². The van der Waals surface area contributed by atoms with Gasteiger partial charge in [-0.3, -0.25) is 0 Å². The second-order valence-corrected chi connectivity index (χ2v) is 5.94. The zero-order valence-electron chi connectivity index (χ0n) is 13.2. The third kappa shape index (κ3) is 3.80. The molecule has 126 valence electrons. The van der Waals surface area contributed by atoms with Crippen LogP contribution in [0.4, 0.5) is 10.6 Å². The number of carbonyl (C=O) groups excluding carboxylic acids is 1. The Morgan fingerprint density at radius 2 is 2.33 bits per heavy atom. The van der Waals surface area contributed by atoms with Gasteiger partial charge in [-0.05, 0) is 18.4 Å². The molecule has 3 aromatic heterocycles. The van der Waals surface area contributed by atoms with Crippen molar-refractivity contribution in [1.82, 2.24) is 25.1 Å². The van der Waals surface area contributed by atoms with Crippen molar-refractivity contribution in [2.45, 2.75) is 20.0 Å². The van der Waals surface area contributed by atoms with Crippen LogP contribution in [-0.2, 0) is 17.8 Å². The van der Waals surface area contributed by atoms with Gasteiger partial charge in [-0.2, -0.15) is 5.10 Å². The van der Waals surface area contributed by atoms with Gasteiger partial charge < -0.3 is 15.4 Å². The van der Waals surface area contributed by atoms with Gasteiger partial charge >= 0.3 is 6.09 Å². The Kier molecular flexibility index (Phi) is 5.22. The molecular formula is C15H18N6O2S. The third-order valence-corrected chi connectivity index (χ3v) is 4.19. The average molecular weight is 346 g/mol. The lowest BCUT2D eigenvalue weighted by atomic mass is 10.3. The van der Waals surface area contributed by atoms with Gasteiger partial charge in [0.15, 0.2) is 5.65 Å². The number of amides is 1. The number of nitrogens with zero attached hydrogens (tertiary/aromatic N) is 4. The standard InChI is InChI=1S/C15H18N6O2S/c1-2-23-15(22)16-5-6-21-14-12(9-20-21)13(18-10-19-14)17-8-11-4-3-7-24-11/h3-4,7,9-10H,2,5-6,8H2,1H3,(H,16,22)(H,17,18,19). The van der Waals surface area contributed by atoms with Crippen molar-refractivity contribution in [3.05, 3.63) is 34.9 Å². The summed E-state index contributed by atoms with van der Waals surface area (Å²) in [6, 6.07) is 4.09. The van der Waals surface area contributed by atoms with Gasteiger partial charge in [0.05, 0.1) is 31.3 Å². The van der Waals surface area contributed by atoms with E-state index in [2.05, 4.69) is 31.8 Å². The molecule has 0 radical (unpaired) electrons. The van der Waals surface area contributed by atoms with Gasteiger partial charge in [0.25, 0.3) is 0 Å². The van der Waals surface area contributed by atoms with Crippen molar-refractivity contribution in [2.24, 2.45) is 0 Å². The number of thiophene rings is 1. The lowest BCUT2D eigenvalue weighted by molar-refractivity contribution is 0.152. The summed E-state index contributed by atoms with van der Waals surface area (Å²) in [6.45, 7) is 3.74. The Labute approximate surface area is 142 Å². The SMILES string of the molecule is CCOC(=O)NCCn1ncc2c(NCc3cccs3)ncnc21. The Morgan fingerprint density at radius 3 is 3.12 bits per heavy atom. The molecule has 0 saturated carbocycles. The Hall–Kier alpha value is -2.68. The van der Waals surface area contributed by atoms with Crippen molar-refractivity contribution in [3.8, 4) is 0 Å². The van der Waals surface area contributed by atoms with Crippen LogP contribution in [0.1, 0.15) is 11.8 Å². The summed E-state index contributed by atoms with van der Waals surface area (Å²) in [5.41, 5.74) is 0.726. The molecule has 0 saturated heterocycles. The predicted octanol–water partition coefficient (Wildman–Crippen LogP) is 2.25. The molecule has 0 aliphatic rings. The van der Waals surface area contributed by atoms with E-state index in [-0.39, 0.29) is 0 Å². The van der Waals surface area contributed by atoms with Crippen LogP contribution in [0.2, 0.25) is 0 Å². The number of alkyl carbamates (subject to hydrolysis) is 1. The van der Waals surface area contributed by atoms with E-state index in [1.54, 1.807) is 29.1 Å². The summed E-state index contributed by atoms with van der Waals surface area (Å²) >= 11 is 1.69. The molecule has 0 aliphatic heterocycles. The number of hydrogen-bond donors (Lipinski definition) is 2. The van der Waals surface area contributed by atoms with Gasteiger partial charge in [0, 0.05) is 11.4 Å². The highest BCUT2D eigenvalue weighted by molar-refractivity contribution is 7.09. The molecule has 24 heavy (non-hydrogen) atoms. The Morgan fingerprint density at radius 1 is 1.42 bits per heavy atom. The minimum absolute atomic E-state index is 0.350. The minimum atomic E-state index is -0.429. The average Bonchev–Trinajstić information content (AvgIpc) is 3.23. The highest BCUT2D eigenvalue weighted by Crippen LogP contribution is 2.20. The zero-order chi connectivity index (χ0) is 16.8. The lowest BCUT2D eigenvalue weighted by Crippen LogP contribution is -2.28. The van der Waals surface area contributed by atoms with Crippen LogP contribution in [0.5, 0.6) is 0 Å². The van der Waals surface area contributed by atoms with E-state index >= 15 is 0 Å². The first-order chi connectivity index (χ1) is 11.8. The summed E-state index contributed by atoms with van der Waals surface area (Å²) in [6.07, 6.45) is 2.81. The highest BCUT2D eigenvalue weighted by atomic mass is 32.1. The molecule has 1 amide bonds. The van der Waals surface area contributed by atoms with Crippen molar-refractivity contribution in [3.63, 3.8) is 0 Å².